The van der Waals surface area contributed by atoms with Crippen LogP contribution in [0.2, 0.25) is 0 Å². The maximum atomic E-state index is 6.07. The first kappa shape index (κ1) is 13.1. The van der Waals surface area contributed by atoms with Gasteiger partial charge in [-0.25, -0.2) is 0 Å². The molecule has 0 spiro atoms. The Kier molecular flexibility index (Phi) is 3.94. The largest absolute Gasteiger partial charge is 0.330 e. The standard InChI is InChI=1S/C15H25NS/c1-14(2)6-8-15(12-16,9-7-14)5-3-13-4-10-17-11-13/h4,10-11H,3,5-9,12,16H2,1-2H3. The van der Waals surface area contributed by atoms with E-state index in [0.717, 1.165) is 6.54 Å². The van der Waals surface area contributed by atoms with Crippen molar-refractivity contribution in [1.82, 2.24) is 0 Å². The zero-order chi connectivity index (χ0) is 12.4. The molecule has 0 saturated heterocycles. The monoisotopic (exact) mass is 251 g/mol. The van der Waals surface area contributed by atoms with Gasteiger partial charge in [-0.2, -0.15) is 11.3 Å². The molecule has 1 aliphatic rings. The molecule has 96 valence electrons. The molecule has 1 aromatic rings. The number of thiophene rings is 1. The lowest BCUT2D eigenvalue weighted by molar-refractivity contribution is 0.0997. The number of rotatable bonds is 4. The Morgan fingerprint density at radius 1 is 1.24 bits per heavy atom. The maximum Gasteiger partial charge on any atom is -0.00204 e. The minimum Gasteiger partial charge on any atom is -0.330 e. The van der Waals surface area contributed by atoms with Crippen LogP contribution in [-0.4, -0.2) is 6.54 Å². The van der Waals surface area contributed by atoms with Gasteiger partial charge in [0.15, 0.2) is 0 Å². The molecule has 1 saturated carbocycles. The molecule has 2 N–H and O–H groups in total. The van der Waals surface area contributed by atoms with Crippen LogP contribution in [0.25, 0.3) is 0 Å². The molecule has 2 heteroatoms. The van der Waals surface area contributed by atoms with Crippen LogP contribution < -0.4 is 5.73 Å². The highest BCUT2D eigenvalue weighted by atomic mass is 32.1. The Labute approximate surface area is 109 Å². The predicted octanol–water partition coefficient (Wildman–Crippen LogP) is 4.23. The Hall–Kier alpha value is -0.340. The summed E-state index contributed by atoms with van der Waals surface area (Å²) in [6.07, 6.45) is 7.81. The summed E-state index contributed by atoms with van der Waals surface area (Å²) in [5, 5.41) is 4.45. The van der Waals surface area contributed by atoms with E-state index in [4.69, 9.17) is 5.73 Å². The van der Waals surface area contributed by atoms with Crippen molar-refractivity contribution >= 4 is 11.3 Å². The topological polar surface area (TPSA) is 26.0 Å². The van der Waals surface area contributed by atoms with Gasteiger partial charge < -0.3 is 5.73 Å². The van der Waals surface area contributed by atoms with Crippen molar-refractivity contribution in [1.29, 1.82) is 0 Å². The second-order valence-electron chi connectivity index (χ2n) is 6.50. The Morgan fingerprint density at radius 3 is 2.47 bits per heavy atom. The van der Waals surface area contributed by atoms with Crippen LogP contribution in [-0.2, 0) is 6.42 Å². The molecule has 0 amide bonds. The Morgan fingerprint density at radius 2 is 1.94 bits per heavy atom. The lowest BCUT2D eigenvalue weighted by Crippen LogP contribution is -2.37. The highest BCUT2D eigenvalue weighted by Crippen LogP contribution is 2.46. The first-order chi connectivity index (χ1) is 8.05. The molecule has 0 bridgehead atoms. The average molecular weight is 251 g/mol. The van der Waals surface area contributed by atoms with Gasteiger partial charge in [0.1, 0.15) is 0 Å². The third-order valence-corrected chi connectivity index (χ3v) is 5.35. The van der Waals surface area contributed by atoms with E-state index in [1.165, 1.54) is 44.1 Å². The first-order valence-corrected chi connectivity index (χ1v) is 7.71. The summed E-state index contributed by atoms with van der Waals surface area (Å²) in [5.41, 5.74) is 8.53. The lowest BCUT2D eigenvalue weighted by Gasteiger charge is -2.43. The van der Waals surface area contributed by atoms with Gasteiger partial charge in [0.25, 0.3) is 0 Å². The van der Waals surface area contributed by atoms with Gasteiger partial charge in [0.05, 0.1) is 0 Å². The van der Waals surface area contributed by atoms with Crippen molar-refractivity contribution in [3.63, 3.8) is 0 Å². The molecule has 2 rings (SSSR count). The first-order valence-electron chi connectivity index (χ1n) is 6.77. The molecule has 0 aromatic carbocycles. The molecular weight excluding hydrogens is 226 g/mol. The summed E-state index contributed by atoms with van der Waals surface area (Å²) >= 11 is 1.80. The van der Waals surface area contributed by atoms with Crippen LogP contribution in [0.1, 0.15) is 51.5 Å². The van der Waals surface area contributed by atoms with Gasteiger partial charge in [-0.3, -0.25) is 0 Å². The fourth-order valence-electron chi connectivity index (χ4n) is 2.86. The van der Waals surface area contributed by atoms with Crippen molar-refractivity contribution in [3.8, 4) is 0 Å². The summed E-state index contributed by atoms with van der Waals surface area (Å²) < 4.78 is 0. The molecule has 1 aromatic heterocycles. The van der Waals surface area contributed by atoms with Gasteiger partial charge in [0.2, 0.25) is 0 Å². The molecule has 0 atom stereocenters. The summed E-state index contributed by atoms with van der Waals surface area (Å²) in [5.74, 6) is 0. The van der Waals surface area contributed by atoms with Crippen molar-refractivity contribution < 1.29 is 0 Å². The molecule has 1 heterocycles. The second-order valence-corrected chi connectivity index (χ2v) is 7.28. The van der Waals surface area contributed by atoms with Crippen molar-refractivity contribution in [3.05, 3.63) is 22.4 Å². The molecule has 1 nitrogen and oxygen atoms in total. The zero-order valence-corrected chi connectivity index (χ0v) is 12.0. The highest BCUT2D eigenvalue weighted by Gasteiger charge is 2.36. The number of hydrogen-bond donors (Lipinski definition) is 1. The van der Waals surface area contributed by atoms with Crippen molar-refractivity contribution in [2.24, 2.45) is 16.6 Å². The molecule has 17 heavy (non-hydrogen) atoms. The van der Waals surface area contributed by atoms with Crippen LogP contribution in [0.4, 0.5) is 0 Å². The normalized spacial score (nSPS) is 22.5. The van der Waals surface area contributed by atoms with Crippen LogP contribution in [0.15, 0.2) is 16.8 Å². The number of hydrogen-bond acceptors (Lipinski definition) is 2. The van der Waals surface area contributed by atoms with E-state index >= 15 is 0 Å². The molecule has 0 aliphatic heterocycles. The molecule has 0 unspecified atom stereocenters. The number of aryl methyl sites for hydroxylation is 1. The maximum absolute atomic E-state index is 6.07. The summed E-state index contributed by atoms with van der Waals surface area (Å²) in [4.78, 5) is 0. The fourth-order valence-corrected chi connectivity index (χ4v) is 3.56. The molecule has 0 radical (unpaired) electrons. The summed E-state index contributed by atoms with van der Waals surface area (Å²) in [6, 6.07) is 2.25. The zero-order valence-electron chi connectivity index (χ0n) is 11.2. The van der Waals surface area contributed by atoms with Gasteiger partial charge in [-0.1, -0.05) is 13.8 Å². The minimum atomic E-state index is 0.428. The van der Waals surface area contributed by atoms with Gasteiger partial charge in [0, 0.05) is 0 Å². The van der Waals surface area contributed by atoms with E-state index in [1.54, 1.807) is 11.3 Å². The van der Waals surface area contributed by atoms with Crippen LogP contribution >= 0.6 is 11.3 Å². The highest BCUT2D eigenvalue weighted by molar-refractivity contribution is 7.07. The third kappa shape index (κ3) is 3.32. The molecular formula is C15H25NS. The minimum absolute atomic E-state index is 0.428. The Bertz CT molecular complexity index is 330. The predicted molar refractivity (Wildman–Crippen MR) is 76.4 cm³/mol. The average Bonchev–Trinajstić information content (AvgIpc) is 2.82. The number of nitrogens with two attached hydrogens (primary N) is 1. The van der Waals surface area contributed by atoms with E-state index in [1.807, 2.05) is 0 Å². The molecule has 1 aliphatic carbocycles. The lowest BCUT2D eigenvalue weighted by atomic mass is 9.63. The van der Waals surface area contributed by atoms with Gasteiger partial charge in [-0.05, 0) is 78.3 Å². The van der Waals surface area contributed by atoms with Crippen molar-refractivity contribution in [2.75, 3.05) is 6.54 Å². The van der Waals surface area contributed by atoms with Crippen molar-refractivity contribution in [2.45, 2.75) is 52.4 Å². The molecule has 1 fully saturated rings. The smallest absolute Gasteiger partial charge is 0.00204 e. The van der Waals surface area contributed by atoms with E-state index in [-0.39, 0.29) is 0 Å². The van der Waals surface area contributed by atoms with Gasteiger partial charge >= 0.3 is 0 Å². The SMILES string of the molecule is CC1(C)CCC(CN)(CCc2ccsc2)CC1. The summed E-state index contributed by atoms with van der Waals surface area (Å²) in [6.45, 7) is 5.66. The van der Waals surface area contributed by atoms with E-state index in [0.29, 0.717) is 10.8 Å². The van der Waals surface area contributed by atoms with Gasteiger partial charge in [-0.15, -0.1) is 0 Å². The van der Waals surface area contributed by atoms with Crippen LogP contribution in [0.3, 0.4) is 0 Å². The fraction of sp³-hybridized carbons (Fsp3) is 0.733. The Balaban J connectivity index is 1.92. The van der Waals surface area contributed by atoms with E-state index in [9.17, 15) is 0 Å². The van der Waals surface area contributed by atoms with Crippen LogP contribution in [0.5, 0.6) is 0 Å². The third-order valence-electron chi connectivity index (χ3n) is 4.62. The van der Waals surface area contributed by atoms with Crippen LogP contribution in [0, 0.1) is 10.8 Å². The van der Waals surface area contributed by atoms with E-state index < -0.39 is 0 Å². The quantitative estimate of drug-likeness (QED) is 0.851. The summed E-state index contributed by atoms with van der Waals surface area (Å²) in [7, 11) is 0. The second kappa shape index (κ2) is 5.11. The van der Waals surface area contributed by atoms with E-state index in [2.05, 4.69) is 30.7 Å².